The van der Waals surface area contributed by atoms with Gasteiger partial charge in [-0.3, -0.25) is 9.78 Å². The first-order chi connectivity index (χ1) is 13.7. The maximum absolute atomic E-state index is 12.9. The molecule has 0 saturated heterocycles. The summed E-state index contributed by atoms with van der Waals surface area (Å²) in [5.41, 5.74) is 2.46. The van der Waals surface area contributed by atoms with E-state index in [9.17, 15) is 4.79 Å². The van der Waals surface area contributed by atoms with E-state index in [0.29, 0.717) is 17.1 Å². The third kappa shape index (κ3) is 3.79. The van der Waals surface area contributed by atoms with E-state index >= 15 is 0 Å². The molecule has 0 aliphatic carbocycles. The molecule has 7 heteroatoms. The number of ether oxygens (including phenoxy) is 1. The van der Waals surface area contributed by atoms with Gasteiger partial charge in [-0.15, -0.1) is 0 Å². The zero-order valence-electron chi connectivity index (χ0n) is 15.2. The molecule has 3 aromatic heterocycles. The van der Waals surface area contributed by atoms with E-state index in [1.165, 1.54) is 11.3 Å². The zero-order valence-corrected chi connectivity index (χ0v) is 16.0. The Kier molecular flexibility index (Phi) is 5.16. The number of methoxy groups -OCH3 is 1. The van der Waals surface area contributed by atoms with Gasteiger partial charge < -0.3 is 14.6 Å². The van der Waals surface area contributed by atoms with Crippen LogP contribution in [0.25, 0.3) is 16.4 Å². The van der Waals surface area contributed by atoms with E-state index in [0.717, 1.165) is 22.0 Å². The molecule has 0 spiro atoms. The highest BCUT2D eigenvalue weighted by molar-refractivity contribution is 7.16. The van der Waals surface area contributed by atoms with Crippen LogP contribution in [0.1, 0.15) is 15.2 Å². The molecule has 4 rings (SSSR count). The Hall–Kier alpha value is -3.45. The van der Waals surface area contributed by atoms with Crippen LogP contribution in [0.5, 0.6) is 5.75 Å². The number of hydrogen-bond donors (Lipinski definition) is 1. The lowest BCUT2D eigenvalue weighted by molar-refractivity contribution is 0.0955. The average molecular weight is 390 g/mol. The van der Waals surface area contributed by atoms with Gasteiger partial charge in [0.05, 0.1) is 12.8 Å². The number of carbonyl (C=O) groups excluding carboxylic acids is 1. The second-order valence-corrected chi connectivity index (χ2v) is 7.01. The Labute approximate surface area is 166 Å². The number of thiazole rings is 1. The van der Waals surface area contributed by atoms with Crippen LogP contribution in [0.4, 0.5) is 0 Å². The summed E-state index contributed by atoms with van der Waals surface area (Å²) in [6.07, 6.45) is 7.27. The van der Waals surface area contributed by atoms with Gasteiger partial charge >= 0.3 is 0 Å². The standard InChI is InChI=1S/C21H18N4O2S/c1-27-17-8-6-16(7-9-17)18-19(28-21(24-18)25-11-2-3-12-25)20(26)23-14-15-5-4-10-22-13-15/h2-13H,14H2,1H3,(H,23,26). The molecule has 0 fully saturated rings. The molecular formula is C21H18N4O2S. The molecule has 0 unspecified atom stereocenters. The summed E-state index contributed by atoms with van der Waals surface area (Å²) in [5, 5.41) is 3.70. The third-order valence-electron chi connectivity index (χ3n) is 4.19. The van der Waals surface area contributed by atoms with Crippen molar-refractivity contribution in [3.63, 3.8) is 0 Å². The van der Waals surface area contributed by atoms with Crippen LogP contribution >= 0.6 is 11.3 Å². The molecule has 0 radical (unpaired) electrons. The number of rotatable bonds is 6. The number of carbonyl (C=O) groups is 1. The molecule has 0 aliphatic rings. The van der Waals surface area contributed by atoms with Crippen molar-refractivity contribution in [2.45, 2.75) is 6.54 Å². The lowest BCUT2D eigenvalue weighted by Crippen LogP contribution is -2.22. The van der Waals surface area contributed by atoms with Gasteiger partial charge in [-0.2, -0.15) is 0 Å². The van der Waals surface area contributed by atoms with Crippen LogP contribution < -0.4 is 10.1 Å². The molecule has 28 heavy (non-hydrogen) atoms. The highest BCUT2D eigenvalue weighted by Gasteiger charge is 2.20. The predicted octanol–water partition coefficient (Wildman–Crippen LogP) is 3.93. The number of pyridine rings is 1. The second kappa shape index (κ2) is 8.06. The van der Waals surface area contributed by atoms with Crippen molar-refractivity contribution < 1.29 is 9.53 Å². The van der Waals surface area contributed by atoms with Crippen LogP contribution in [0, 0.1) is 0 Å². The normalized spacial score (nSPS) is 10.6. The summed E-state index contributed by atoms with van der Waals surface area (Å²) in [7, 11) is 1.62. The smallest absolute Gasteiger partial charge is 0.264 e. The maximum Gasteiger partial charge on any atom is 0.264 e. The molecule has 0 aliphatic heterocycles. The Morgan fingerprint density at radius 3 is 2.61 bits per heavy atom. The van der Waals surface area contributed by atoms with Gasteiger partial charge in [0.2, 0.25) is 0 Å². The van der Waals surface area contributed by atoms with Crippen LogP contribution in [0.3, 0.4) is 0 Å². The van der Waals surface area contributed by atoms with Gasteiger partial charge in [0.15, 0.2) is 5.13 Å². The van der Waals surface area contributed by atoms with Crippen LogP contribution in [0.2, 0.25) is 0 Å². The van der Waals surface area contributed by atoms with Gasteiger partial charge in [0, 0.05) is 36.9 Å². The Balaban J connectivity index is 1.66. The van der Waals surface area contributed by atoms with E-state index in [1.54, 1.807) is 19.5 Å². The lowest BCUT2D eigenvalue weighted by Gasteiger charge is -2.06. The van der Waals surface area contributed by atoms with Gasteiger partial charge in [-0.25, -0.2) is 4.98 Å². The first-order valence-corrected chi connectivity index (χ1v) is 9.52. The van der Waals surface area contributed by atoms with Crippen molar-refractivity contribution in [1.29, 1.82) is 0 Å². The molecule has 0 saturated carbocycles. The number of hydrogen-bond acceptors (Lipinski definition) is 5. The van der Waals surface area contributed by atoms with E-state index in [1.807, 2.05) is 65.5 Å². The molecule has 0 bridgehead atoms. The SMILES string of the molecule is COc1ccc(-c2nc(-n3cccc3)sc2C(=O)NCc2cccnc2)cc1. The molecule has 4 aromatic rings. The summed E-state index contributed by atoms with van der Waals surface area (Å²) in [6, 6.07) is 15.2. The molecule has 1 amide bonds. The number of nitrogens with zero attached hydrogens (tertiary/aromatic N) is 3. The van der Waals surface area contributed by atoms with E-state index in [-0.39, 0.29) is 5.91 Å². The Morgan fingerprint density at radius 2 is 1.93 bits per heavy atom. The number of benzene rings is 1. The first kappa shape index (κ1) is 17.9. The van der Waals surface area contributed by atoms with Crippen molar-refractivity contribution in [2.24, 2.45) is 0 Å². The number of amides is 1. The molecule has 3 heterocycles. The summed E-state index contributed by atoms with van der Waals surface area (Å²) >= 11 is 1.36. The van der Waals surface area contributed by atoms with Crippen molar-refractivity contribution in [1.82, 2.24) is 19.9 Å². The predicted molar refractivity (Wildman–Crippen MR) is 109 cm³/mol. The molecular weight excluding hydrogens is 372 g/mol. The van der Waals surface area contributed by atoms with Crippen LogP contribution in [-0.4, -0.2) is 27.6 Å². The molecule has 0 atom stereocenters. The van der Waals surface area contributed by atoms with E-state index in [2.05, 4.69) is 10.3 Å². The second-order valence-electron chi connectivity index (χ2n) is 6.04. The van der Waals surface area contributed by atoms with Crippen molar-refractivity contribution in [2.75, 3.05) is 7.11 Å². The van der Waals surface area contributed by atoms with Gasteiger partial charge in [-0.05, 0) is 48.0 Å². The summed E-state index contributed by atoms with van der Waals surface area (Å²) < 4.78 is 7.13. The molecule has 6 nitrogen and oxygen atoms in total. The Bertz CT molecular complexity index is 1060. The monoisotopic (exact) mass is 390 g/mol. The minimum absolute atomic E-state index is 0.162. The van der Waals surface area contributed by atoms with Gasteiger partial charge in [0.25, 0.3) is 5.91 Å². The summed E-state index contributed by atoms with van der Waals surface area (Å²) in [4.78, 5) is 22.3. The zero-order chi connectivity index (χ0) is 19.3. The largest absolute Gasteiger partial charge is 0.497 e. The number of nitrogens with one attached hydrogen (secondary N) is 1. The quantitative estimate of drug-likeness (QED) is 0.542. The first-order valence-electron chi connectivity index (χ1n) is 8.70. The van der Waals surface area contributed by atoms with Gasteiger partial charge in [-0.1, -0.05) is 17.4 Å². The topological polar surface area (TPSA) is 69.0 Å². The third-order valence-corrected chi connectivity index (χ3v) is 5.25. The van der Waals surface area contributed by atoms with E-state index in [4.69, 9.17) is 9.72 Å². The fourth-order valence-corrected chi connectivity index (χ4v) is 3.72. The average Bonchev–Trinajstić information content (AvgIpc) is 3.43. The molecule has 1 aromatic carbocycles. The molecule has 1 N–H and O–H groups in total. The van der Waals surface area contributed by atoms with Crippen LogP contribution in [0.15, 0.2) is 73.3 Å². The van der Waals surface area contributed by atoms with Crippen LogP contribution in [-0.2, 0) is 6.54 Å². The van der Waals surface area contributed by atoms with Crippen molar-refractivity contribution in [3.8, 4) is 22.1 Å². The van der Waals surface area contributed by atoms with Crippen molar-refractivity contribution in [3.05, 3.63) is 83.8 Å². The maximum atomic E-state index is 12.9. The minimum Gasteiger partial charge on any atom is -0.497 e. The summed E-state index contributed by atoms with van der Waals surface area (Å²) in [6.45, 7) is 0.408. The summed E-state index contributed by atoms with van der Waals surface area (Å²) in [5.74, 6) is 0.595. The minimum atomic E-state index is -0.162. The van der Waals surface area contributed by atoms with E-state index < -0.39 is 0 Å². The van der Waals surface area contributed by atoms with Crippen molar-refractivity contribution >= 4 is 17.2 Å². The highest BCUT2D eigenvalue weighted by atomic mass is 32.1. The molecule has 140 valence electrons. The fraction of sp³-hybridized carbons (Fsp3) is 0.0952. The highest BCUT2D eigenvalue weighted by Crippen LogP contribution is 2.31. The fourth-order valence-electron chi connectivity index (χ4n) is 2.75. The Morgan fingerprint density at radius 1 is 1.14 bits per heavy atom. The lowest BCUT2D eigenvalue weighted by atomic mass is 10.1. The van der Waals surface area contributed by atoms with Gasteiger partial charge in [0.1, 0.15) is 10.6 Å². The number of aromatic nitrogens is 3.